The van der Waals surface area contributed by atoms with E-state index in [1.807, 2.05) is 0 Å². The summed E-state index contributed by atoms with van der Waals surface area (Å²) in [4.78, 5) is 1.06. The fraction of sp³-hybridized carbons (Fsp3) is 0.421. The Morgan fingerprint density at radius 3 is 2.28 bits per heavy atom. The van der Waals surface area contributed by atoms with Crippen LogP contribution in [0.25, 0.3) is 0 Å². The molecule has 3 rings (SSSR count). The molecule has 3 nitrogen and oxygen atoms in total. The third kappa shape index (κ3) is 3.05. The quantitative estimate of drug-likeness (QED) is 0.547. The van der Waals surface area contributed by atoms with Gasteiger partial charge in [-0.05, 0) is 31.4 Å². The second kappa shape index (κ2) is 7.17. The molecule has 1 aromatic rings. The van der Waals surface area contributed by atoms with Gasteiger partial charge in [-0.3, -0.25) is 4.90 Å². The van der Waals surface area contributed by atoms with Crippen LogP contribution < -0.4 is 10.6 Å². The molecule has 2 N–H and O–H groups in total. The number of nitriles is 1. The number of anilines is 1. The maximum Gasteiger partial charge on any atom is 0.408 e. The van der Waals surface area contributed by atoms with Gasteiger partial charge in [0.1, 0.15) is 5.82 Å². The van der Waals surface area contributed by atoms with Crippen molar-refractivity contribution in [3.8, 4) is 6.07 Å². The number of hydrogen-bond acceptors (Lipinski definition) is 3. The van der Waals surface area contributed by atoms with Crippen molar-refractivity contribution in [2.45, 2.75) is 38.0 Å². The van der Waals surface area contributed by atoms with E-state index < -0.39 is 41.5 Å². The first-order valence-corrected chi connectivity index (χ1v) is 9.14. The van der Waals surface area contributed by atoms with Crippen molar-refractivity contribution in [1.29, 1.82) is 5.26 Å². The summed E-state index contributed by atoms with van der Waals surface area (Å²) in [5, 5.41) is 9.54. The van der Waals surface area contributed by atoms with Crippen LogP contribution in [0.15, 0.2) is 47.4 Å². The Morgan fingerprint density at radius 2 is 1.72 bits per heavy atom. The van der Waals surface area contributed by atoms with Crippen LogP contribution in [0.5, 0.6) is 0 Å². The summed E-state index contributed by atoms with van der Waals surface area (Å²) in [5.41, 5.74) is -0.205. The van der Waals surface area contributed by atoms with Gasteiger partial charge >= 0.3 is 12.4 Å². The van der Waals surface area contributed by atoms with Gasteiger partial charge in [0.05, 0.1) is 22.4 Å². The van der Waals surface area contributed by atoms with Gasteiger partial charge in [-0.2, -0.15) is 31.6 Å². The van der Waals surface area contributed by atoms with Gasteiger partial charge < -0.3 is 5.73 Å². The molecule has 10 heteroatoms. The minimum atomic E-state index is -5.78. The number of nitrogens with two attached hydrogens (primary N) is 1. The van der Waals surface area contributed by atoms with E-state index >= 15 is 0 Å². The van der Waals surface area contributed by atoms with Crippen molar-refractivity contribution >= 4 is 17.3 Å². The van der Waals surface area contributed by atoms with Gasteiger partial charge in [0.2, 0.25) is 5.41 Å². The third-order valence-corrected chi connectivity index (χ3v) is 5.75. The number of benzene rings is 1. The van der Waals surface area contributed by atoms with E-state index in [9.17, 15) is 31.6 Å². The maximum absolute atomic E-state index is 14.2. The van der Waals surface area contributed by atoms with Crippen molar-refractivity contribution in [2.24, 2.45) is 17.1 Å². The molecule has 0 bridgehead atoms. The monoisotopic (exact) mass is 435 g/mol. The summed E-state index contributed by atoms with van der Waals surface area (Å²) in [6.45, 7) is 0. The average molecular weight is 436 g/mol. The minimum Gasteiger partial charge on any atom is -0.384 e. The van der Waals surface area contributed by atoms with Crippen LogP contribution in [0, 0.1) is 22.7 Å². The molecule has 1 aromatic carbocycles. The standard InChI is InChI=1S/C19H16ClF6N3/c20-13-7-4-5-9-15(13)29-14-8-3-1-2-6-11(14)17(18(21,22)23,19(24,25)26)12(10-27)16(29)28/h4-5,7-9,11H,1-3,6,28H2/t11-/m1/s1. The van der Waals surface area contributed by atoms with Gasteiger partial charge in [-0.1, -0.05) is 36.2 Å². The Hall–Kier alpha value is -2.34. The van der Waals surface area contributed by atoms with Crippen LogP contribution in [0.2, 0.25) is 5.02 Å². The Labute approximate surface area is 168 Å². The number of fused-ring (bicyclic) bond motifs is 1. The Morgan fingerprint density at radius 1 is 1.10 bits per heavy atom. The van der Waals surface area contributed by atoms with Gasteiger partial charge in [0, 0.05) is 11.6 Å². The largest absolute Gasteiger partial charge is 0.408 e. The first kappa shape index (κ1) is 21.4. The van der Waals surface area contributed by atoms with Crippen LogP contribution in [0.3, 0.4) is 0 Å². The van der Waals surface area contributed by atoms with Crippen molar-refractivity contribution < 1.29 is 26.3 Å². The number of alkyl halides is 6. The van der Waals surface area contributed by atoms with E-state index in [1.54, 1.807) is 6.07 Å². The summed E-state index contributed by atoms with van der Waals surface area (Å²) in [5.74, 6) is -2.97. The molecule has 29 heavy (non-hydrogen) atoms. The highest BCUT2D eigenvalue weighted by molar-refractivity contribution is 6.33. The molecule has 0 saturated heterocycles. The van der Waals surface area contributed by atoms with Crippen LogP contribution in [0.4, 0.5) is 32.0 Å². The van der Waals surface area contributed by atoms with E-state index in [4.69, 9.17) is 17.3 Å². The zero-order valence-corrected chi connectivity index (χ0v) is 15.7. The van der Waals surface area contributed by atoms with Crippen molar-refractivity contribution in [3.05, 3.63) is 52.5 Å². The van der Waals surface area contributed by atoms with E-state index in [-0.39, 0.29) is 29.2 Å². The molecule has 1 heterocycles. The van der Waals surface area contributed by atoms with Gasteiger partial charge in [-0.15, -0.1) is 0 Å². The molecular formula is C19H16ClF6N3. The van der Waals surface area contributed by atoms with Crippen LogP contribution in [-0.2, 0) is 0 Å². The van der Waals surface area contributed by atoms with Crippen LogP contribution in [-0.4, -0.2) is 12.4 Å². The minimum absolute atomic E-state index is 0.0863. The molecule has 0 fully saturated rings. The SMILES string of the molecule is N#CC1=C(N)N(c2ccccc2Cl)C2=CCCCC[C@H]2C1(C(F)(F)F)C(F)(F)F. The third-order valence-electron chi connectivity index (χ3n) is 5.43. The second-order valence-electron chi connectivity index (χ2n) is 6.93. The molecule has 0 aromatic heterocycles. The van der Waals surface area contributed by atoms with Crippen molar-refractivity contribution in [1.82, 2.24) is 0 Å². The maximum atomic E-state index is 14.2. The van der Waals surface area contributed by atoms with Gasteiger partial charge in [0.25, 0.3) is 0 Å². The number of para-hydroxylation sites is 1. The Bertz CT molecular complexity index is 896. The average Bonchev–Trinajstić information content (AvgIpc) is 2.85. The van der Waals surface area contributed by atoms with E-state index in [1.165, 1.54) is 24.3 Å². The number of rotatable bonds is 1. The van der Waals surface area contributed by atoms with Crippen LogP contribution in [0.1, 0.15) is 25.7 Å². The molecule has 156 valence electrons. The van der Waals surface area contributed by atoms with E-state index in [0.29, 0.717) is 6.42 Å². The summed E-state index contributed by atoms with van der Waals surface area (Å²) in [6.07, 6.45) is -9.76. The highest BCUT2D eigenvalue weighted by Gasteiger charge is 2.78. The lowest BCUT2D eigenvalue weighted by Crippen LogP contribution is -2.61. The molecular weight excluding hydrogens is 420 g/mol. The smallest absolute Gasteiger partial charge is 0.384 e. The molecule has 0 radical (unpaired) electrons. The zero-order chi connectivity index (χ0) is 21.6. The predicted molar refractivity (Wildman–Crippen MR) is 95.3 cm³/mol. The van der Waals surface area contributed by atoms with E-state index in [0.717, 1.165) is 11.0 Å². The van der Waals surface area contributed by atoms with Crippen molar-refractivity contribution in [3.63, 3.8) is 0 Å². The number of allylic oxidation sites excluding steroid dienone is 3. The molecule has 0 unspecified atom stereocenters. The highest BCUT2D eigenvalue weighted by atomic mass is 35.5. The van der Waals surface area contributed by atoms with Crippen LogP contribution >= 0.6 is 11.6 Å². The molecule has 0 spiro atoms. The molecule has 2 aliphatic rings. The van der Waals surface area contributed by atoms with Gasteiger partial charge in [-0.25, -0.2) is 0 Å². The lowest BCUT2D eigenvalue weighted by atomic mass is 9.63. The first-order valence-electron chi connectivity index (χ1n) is 8.77. The fourth-order valence-corrected chi connectivity index (χ4v) is 4.45. The first-order chi connectivity index (χ1) is 13.5. The number of nitrogens with zero attached hydrogens (tertiary/aromatic N) is 2. The molecule has 1 atom stereocenters. The fourth-order valence-electron chi connectivity index (χ4n) is 4.23. The summed E-state index contributed by atoms with van der Waals surface area (Å²) in [6, 6.07) is 7.10. The number of halogens is 7. The second-order valence-corrected chi connectivity index (χ2v) is 7.34. The molecule has 0 saturated carbocycles. The van der Waals surface area contributed by atoms with E-state index in [2.05, 4.69) is 0 Å². The molecule has 1 aliphatic heterocycles. The van der Waals surface area contributed by atoms with Gasteiger partial charge in [0.15, 0.2) is 0 Å². The predicted octanol–water partition coefficient (Wildman–Crippen LogP) is 6.04. The lowest BCUT2D eigenvalue weighted by molar-refractivity contribution is -0.339. The Kier molecular flexibility index (Phi) is 5.28. The lowest BCUT2D eigenvalue weighted by Gasteiger charge is -2.50. The summed E-state index contributed by atoms with van der Waals surface area (Å²) >= 11 is 6.16. The number of hydrogen-bond donors (Lipinski definition) is 1. The topological polar surface area (TPSA) is 53.1 Å². The molecule has 0 amide bonds. The molecule has 1 aliphatic carbocycles. The highest BCUT2D eigenvalue weighted by Crippen LogP contribution is 2.65. The zero-order valence-electron chi connectivity index (χ0n) is 14.9. The summed E-state index contributed by atoms with van der Waals surface area (Å²) < 4.78 is 85.1. The normalized spacial score (nSPS) is 22.5. The van der Waals surface area contributed by atoms with Crippen molar-refractivity contribution in [2.75, 3.05) is 4.90 Å². The Balaban J connectivity index is 2.45. The summed E-state index contributed by atoms with van der Waals surface area (Å²) in [7, 11) is 0.